The number of amides is 1. The largest absolute Gasteiger partial charge is 0.369 e. The van der Waals surface area contributed by atoms with Gasteiger partial charge in [0, 0.05) is 25.2 Å². The third-order valence-corrected chi connectivity index (χ3v) is 6.25. The first-order chi connectivity index (χ1) is 13.4. The van der Waals surface area contributed by atoms with Crippen LogP contribution in [-0.2, 0) is 21.2 Å². The Morgan fingerprint density at radius 3 is 2.39 bits per heavy atom. The molecule has 1 aliphatic rings. The maximum atomic E-state index is 14.3. The first-order valence-corrected chi connectivity index (χ1v) is 10.7. The summed E-state index contributed by atoms with van der Waals surface area (Å²) in [5.41, 5.74) is 1.86. The molecule has 2 N–H and O–H groups in total. The number of carbonyl (C=O) groups is 1. The zero-order valence-corrected chi connectivity index (χ0v) is 16.6. The molecule has 0 spiro atoms. The number of anilines is 2. The summed E-state index contributed by atoms with van der Waals surface area (Å²) in [5, 5.41) is 2.71. The normalized spacial score (nSPS) is 14.3. The molecule has 1 fully saturated rings. The second-order valence-corrected chi connectivity index (χ2v) is 8.65. The Kier molecular flexibility index (Phi) is 6.31. The van der Waals surface area contributed by atoms with Gasteiger partial charge in [-0.25, -0.2) is 17.5 Å². The Hall–Kier alpha value is -2.45. The number of sulfonamides is 1. The summed E-state index contributed by atoms with van der Waals surface area (Å²) in [6, 6.07) is 11.1. The summed E-state index contributed by atoms with van der Waals surface area (Å²) in [5.74, 6) is -0.554. The van der Waals surface area contributed by atoms with Crippen LogP contribution in [0.2, 0.25) is 0 Å². The molecule has 0 aliphatic carbocycles. The lowest BCUT2D eigenvalue weighted by Gasteiger charge is -2.18. The molecule has 0 aromatic heterocycles. The highest BCUT2D eigenvalue weighted by molar-refractivity contribution is 7.89. The monoisotopic (exact) mass is 405 g/mol. The van der Waals surface area contributed by atoms with Crippen LogP contribution in [0.3, 0.4) is 0 Å². The fraction of sp³-hybridized carbons (Fsp3) is 0.350. The molecule has 0 atom stereocenters. The lowest BCUT2D eigenvalue weighted by molar-refractivity contribution is -0.116. The molecule has 1 amide bonds. The van der Waals surface area contributed by atoms with Crippen LogP contribution in [0.15, 0.2) is 47.4 Å². The lowest BCUT2D eigenvalue weighted by Crippen LogP contribution is -2.19. The molecule has 2 aromatic carbocycles. The molecule has 0 saturated carbocycles. The minimum atomic E-state index is -3.47. The topological polar surface area (TPSA) is 78.5 Å². The summed E-state index contributed by atoms with van der Waals surface area (Å²) in [6.45, 7) is 1.72. The Morgan fingerprint density at radius 1 is 1.11 bits per heavy atom. The van der Waals surface area contributed by atoms with Gasteiger partial charge in [0.25, 0.3) is 0 Å². The van der Waals surface area contributed by atoms with Gasteiger partial charge >= 0.3 is 0 Å². The molecular formula is C20H24FN3O3S. The predicted molar refractivity (Wildman–Crippen MR) is 107 cm³/mol. The van der Waals surface area contributed by atoms with Crippen molar-refractivity contribution >= 4 is 27.3 Å². The fourth-order valence-electron chi connectivity index (χ4n) is 3.23. The van der Waals surface area contributed by atoms with Gasteiger partial charge in [-0.2, -0.15) is 0 Å². The van der Waals surface area contributed by atoms with Crippen LogP contribution in [0.5, 0.6) is 0 Å². The molecule has 1 heterocycles. The van der Waals surface area contributed by atoms with Gasteiger partial charge in [-0.15, -0.1) is 0 Å². The summed E-state index contributed by atoms with van der Waals surface area (Å²) in [7, 11) is -2.11. The maximum Gasteiger partial charge on any atom is 0.240 e. The van der Waals surface area contributed by atoms with E-state index in [0.717, 1.165) is 31.5 Å². The van der Waals surface area contributed by atoms with E-state index in [1.165, 1.54) is 25.2 Å². The molecule has 6 nitrogen and oxygen atoms in total. The van der Waals surface area contributed by atoms with Crippen molar-refractivity contribution in [1.29, 1.82) is 0 Å². The van der Waals surface area contributed by atoms with Crippen LogP contribution in [0, 0.1) is 5.82 Å². The summed E-state index contributed by atoms with van der Waals surface area (Å²) in [4.78, 5) is 14.4. The van der Waals surface area contributed by atoms with Crippen molar-refractivity contribution in [3.63, 3.8) is 0 Å². The summed E-state index contributed by atoms with van der Waals surface area (Å²) in [6.07, 6.45) is 2.81. The molecular weight excluding hydrogens is 381 g/mol. The van der Waals surface area contributed by atoms with Crippen molar-refractivity contribution < 1.29 is 17.6 Å². The van der Waals surface area contributed by atoms with Crippen molar-refractivity contribution in [2.45, 2.75) is 30.6 Å². The van der Waals surface area contributed by atoms with Crippen molar-refractivity contribution in [2.24, 2.45) is 0 Å². The van der Waals surface area contributed by atoms with Crippen molar-refractivity contribution in [3.05, 3.63) is 53.8 Å². The summed E-state index contributed by atoms with van der Waals surface area (Å²) < 4.78 is 40.0. The smallest absolute Gasteiger partial charge is 0.240 e. The minimum absolute atomic E-state index is 0.178. The van der Waals surface area contributed by atoms with Crippen molar-refractivity contribution in [3.8, 4) is 0 Å². The Labute approximate surface area is 164 Å². The highest BCUT2D eigenvalue weighted by Crippen LogP contribution is 2.26. The van der Waals surface area contributed by atoms with Gasteiger partial charge in [-0.05, 0) is 62.2 Å². The zero-order valence-electron chi connectivity index (χ0n) is 15.7. The van der Waals surface area contributed by atoms with Gasteiger partial charge in [0.15, 0.2) is 0 Å². The SMILES string of the molecule is CNS(=O)(=O)c1ccc(CCC(=O)Nc2ccc(N3CCCC3)c(F)c2)cc1. The van der Waals surface area contributed by atoms with Gasteiger partial charge in [0.2, 0.25) is 15.9 Å². The third-order valence-electron chi connectivity index (χ3n) is 4.82. The number of rotatable bonds is 7. The van der Waals surface area contributed by atoms with Gasteiger partial charge in [-0.1, -0.05) is 12.1 Å². The predicted octanol–water partition coefficient (Wildman–Crippen LogP) is 2.91. The van der Waals surface area contributed by atoms with Crippen LogP contribution in [0.25, 0.3) is 0 Å². The van der Waals surface area contributed by atoms with E-state index in [9.17, 15) is 17.6 Å². The second-order valence-electron chi connectivity index (χ2n) is 6.76. The number of hydrogen-bond acceptors (Lipinski definition) is 4. The van der Waals surface area contributed by atoms with E-state index in [-0.39, 0.29) is 23.0 Å². The Morgan fingerprint density at radius 2 is 1.79 bits per heavy atom. The molecule has 0 bridgehead atoms. The first kappa shape index (κ1) is 20.3. The average Bonchev–Trinajstić information content (AvgIpc) is 3.21. The highest BCUT2D eigenvalue weighted by atomic mass is 32.2. The number of benzene rings is 2. The molecule has 28 heavy (non-hydrogen) atoms. The van der Waals surface area contributed by atoms with E-state index in [1.54, 1.807) is 24.3 Å². The van der Waals surface area contributed by atoms with E-state index in [4.69, 9.17) is 0 Å². The van der Waals surface area contributed by atoms with Crippen LogP contribution >= 0.6 is 0 Å². The molecule has 0 radical (unpaired) electrons. The van der Waals surface area contributed by atoms with Gasteiger partial charge in [-0.3, -0.25) is 4.79 Å². The minimum Gasteiger partial charge on any atom is -0.369 e. The Balaban J connectivity index is 1.55. The molecule has 8 heteroatoms. The quantitative estimate of drug-likeness (QED) is 0.743. The van der Waals surface area contributed by atoms with Gasteiger partial charge in [0.1, 0.15) is 5.82 Å². The number of nitrogens with one attached hydrogen (secondary N) is 2. The van der Waals surface area contributed by atoms with E-state index in [2.05, 4.69) is 10.0 Å². The molecule has 0 unspecified atom stereocenters. The standard InChI is InChI=1S/C20H24FN3O3S/c1-22-28(26,27)17-8-4-15(5-9-17)6-11-20(25)23-16-7-10-19(18(21)14-16)24-12-2-3-13-24/h4-5,7-10,14,22H,2-3,6,11-13H2,1H3,(H,23,25). The molecule has 1 aliphatic heterocycles. The van der Waals surface area contributed by atoms with Crippen molar-refractivity contribution in [2.75, 3.05) is 30.4 Å². The molecule has 1 saturated heterocycles. The zero-order chi connectivity index (χ0) is 20.1. The number of aryl methyl sites for hydroxylation is 1. The highest BCUT2D eigenvalue weighted by Gasteiger charge is 2.16. The van der Waals surface area contributed by atoms with E-state index in [1.807, 2.05) is 4.90 Å². The average molecular weight is 405 g/mol. The molecule has 150 valence electrons. The van der Waals surface area contributed by atoms with Crippen LogP contribution in [0.1, 0.15) is 24.8 Å². The lowest BCUT2D eigenvalue weighted by atomic mass is 10.1. The maximum absolute atomic E-state index is 14.3. The van der Waals surface area contributed by atoms with Crippen molar-refractivity contribution in [1.82, 2.24) is 4.72 Å². The third kappa shape index (κ3) is 4.88. The van der Waals surface area contributed by atoms with Gasteiger partial charge < -0.3 is 10.2 Å². The number of hydrogen-bond donors (Lipinski definition) is 2. The second kappa shape index (κ2) is 8.70. The van der Waals surface area contributed by atoms with Crippen LogP contribution in [-0.4, -0.2) is 34.5 Å². The number of halogens is 1. The fourth-order valence-corrected chi connectivity index (χ4v) is 3.96. The van der Waals surface area contributed by atoms with Crippen LogP contribution < -0.4 is 14.9 Å². The molecule has 2 aromatic rings. The number of nitrogens with zero attached hydrogens (tertiary/aromatic N) is 1. The molecule has 3 rings (SSSR count). The van der Waals surface area contributed by atoms with E-state index < -0.39 is 10.0 Å². The van der Waals surface area contributed by atoms with Gasteiger partial charge in [0.05, 0.1) is 10.6 Å². The van der Waals surface area contributed by atoms with E-state index >= 15 is 0 Å². The number of carbonyl (C=O) groups excluding carboxylic acids is 1. The van der Waals surface area contributed by atoms with E-state index in [0.29, 0.717) is 17.8 Å². The summed E-state index contributed by atoms with van der Waals surface area (Å²) >= 11 is 0. The van der Waals surface area contributed by atoms with Crippen LogP contribution in [0.4, 0.5) is 15.8 Å². The Bertz CT molecular complexity index is 940. The first-order valence-electron chi connectivity index (χ1n) is 9.26.